The molecule has 2 aliphatic rings. The van der Waals surface area contributed by atoms with Crippen molar-refractivity contribution in [2.24, 2.45) is 5.73 Å². The molecule has 2 aliphatic heterocycles. The second kappa shape index (κ2) is 5.29. The van der Waals surface area contributed by atoms with Gasteiger partial charge >= 0.3 is 0 Å². The molecule has 3 atom stereocenters. The van der Waals surface area contributed by atoms with Crippen LogP contribution in [0.15, 0.2) is 28.7 Å². The maximum absolute atomic E-state index is 6.38. The van der Waals surface area contributed by atoms with Crippen LogP contribution in [-0.4, -0.2) is 36.7 Å². The van der Waals surface area contributed by atoms with E-state index >= 15 is 0 Å². The lowest BCUT2D eigenvalue weighted by Crippen LogP contribution is -2.49. The van der Waals surface area contributed by atoms with Gasteiger partial charge in [-0.2, -0.15) is 0 Å². The summed E-state index contributed by atoms with van der Waals surface area (Å²) in [6.07, 6.45) is 2.48. The van der Waals surface area contributed by atoms with E-state index in [-0.39, 0.29) is 12.1 Å². The number of fused-ring (bicyclic) bond motifs is 2. The molecule has 3 unspecified atom stereocenters. The zero-order valence-electron chi connectivity index (χ0n) is 11.8. The van der Waals surface area contributed by atoms with Crippen LogP contribution >= 0.6 is 11.6 Å². The van der Waals surface area contributed by atoms with Gasteiger partial charge in [0.1, 0.15) is 5.76 Å². The first-order valence-corrected chi connectivity index (χ1v) is 7.89. The van der Waals surface area contributed by atoms with Gasteiger partial charge in [-0.15, -0.1) is 0 Å². The second-order valence-electron chi connectivity index (χ2n) is 6.00. The van der Waals surface area contributed by atoms with Crippen LogP contribution in [-0.2, 0) is 4.74 Å². The van der Waals surface area contributed by atoms with E-state index in [1.54, 1.807) is 0 Å². The predicted octanol–water partition coefficient (Wildman–Crippen LogP) is 2.95. The third kappa shape index (κ3) is 2.36. The highest BCUT2D eigenvalue weighted by atomic mass is 35.5. The first-order valence-electron chi connectivity index (χ1n) is 7.51. The van der Waals surface area contributed by atoms with Crippen molar-refractivity contribution in [3.63, 3.8) is 0 Å². The third-order valence-corrected chi connectivity index (χ3v) is 4.96. The Balaban J connectivity index is 1.58. The van der Waals surface area contributed by atoms with Gasteiger partial charge in [0.2, 0.25) is 0 Å². The van der Waals surface area contributed by atoms with Crippen LogP contribution in [0.5, 0.6) is 0 Å². The van der Waals surface area contributed by atoms with Crippen LogP contribution < -0.4 is 5.73 Å². The molecule has 112 valence electrons. The van der Waals surface area contributed by atoms with E-state index in [2.05, 4.69) is 4.90 Å². The average Bonchev–Trinajstić information content (AvgIpc) is 3.12. The van der Waals surface area contributed by atoms with Gasteiger partial charge in [0, 0.05) is 18.0 Å². The highest BCUT2D eigenvalue weighted by Crippen LogP contribution is 2.32. The summed E-state index contributed by atoms with van der Waals surface area (Å²) in [5, 5.41) is 1.61. The van der Waals surface area contributed by atoms with Gasteiger partial charge < -0.3 is 14.9 Å². The smallest absolute Gasteiger partial charge is 0.152 e. The monoisotopic (exact) mass is 306 g/mol. The van der Waals surface area contributed by atoms with Crippen molar-refractivity contribution in [1.29, 1.82) is 0 Å². The summed E-state index contributed by atoms with van der Waals surface area (Å²) in [5.74, 6) is 0.751. The number of benzene rings is 1. The van der Waals surface area contributed by atoms with Gasteiger partial charge in [-0.3, -0.25) is 4.90 Å². The molecule has 5 heteroatoms. The summed E-state index contributed by atoms with van der Waals surface area (Å²) < 4.78 is 11.8. The van der Waals surface area contributed by atoms with Gasteiger partial charge in [0.25, 0.3) is 0 Å². The number of hydrogen-bond donors (Lipinski definition) is 1. The van der Waals surface area contributed by atoms with Crippen molar-refractivity contribution in [3.8, 4) is 0 Å². The number of nitrogens with two attached hydrogens (primary N) is 1. The number of hydrogen-bond acceptors (Lipinski definition) is 4. The van der Waals surface area contributed by atoms with Crippen molar-refractivity contribution < 1.29 is 9.15 Å². The van der Waals surface area contributed by atoms with Gasteiger partial charge in [0.05, 0.1) is 23.8 Å². The van der Waals surface area contributed by atoms with Crippen LogP contribution in [0.3, 0.4) is 0 Å². The first-order chi connectivity index (χ1) is 10.2. The van der Waals surface area contributed by atoms with E-state index in [1.807, 2.05) is 24.3 Å². The van der Waals surface area contributed by atoms with Crippen LogP contribution in [0.25, 0.3) is 11.0 Å². The number of halogens is 1. The van der Waals surface area contributed by atoms with Gasteiger partial charge in [0.15, 0.2) is 5.58 Å². The summed E-state index contributed by atoms with van der Waals surface area (Å²) in [7, 11) is 0. The minimum atomic E-state index is -0.255. The fraction of sp³-hybridized carbons (Fsp3) is 0.500. The summed E-state index contributed by atoms with van der Waals surface area (Å²) in [5.41, 5.74) is 7.09. The molecular weight excluding hydrogens is 288 g/mol. The Bertz CT molecular complexity index is 657. The van der Waals surface area contributed by atoms with Gasteiger partial charge in [-0.1, -0.05) is 23.7 Å². The Morgan fingerprint density at radius 3 is 3.14 bits per heavy atom. The first kappa shape index (κ1) is 13.6. The molecule has 2 N–H and O–H groups in total. The fourth-order valence-electron chi connectivity index (χ4n) is 3.45. The normalized spacial score (nSPS) is 27.9. The van der Waals surface area contributed by atoms with Crippen molar-refractivity contribution in [1.82, 2.24) is 4.90 Å². The molecule has 4 rings (SSSR count). The van der Waals surface area contributed by atoms with Gasteiger partial charge in [-0.05, 0) is 31.5 Å². The molecule has 1 aromatic heterocycles. The number of rotatable bonds is 2. The molecule has 3 heterocycles. The number of para-hydroxylation sites is 1. The number of ether oxygens (including phenoxy) is 1. The molecule has 0 saturated carbocycles. The summed E-state index contributed by atoms with van der Waals surface area (Å²) in [6.45, 7) is 2.82. The lowest BCUT2D eigenvalue weighted by Gasteiger charge is -2.37. The van der Waals surface area contributed by atoms with Gasteiger partial charge in [-0.25, -0.2) is 0 Å². The third-order valence-electron chi connectivity index (χ3n) is 4.66. The van der Waals surface area contributed by atoms with Crippen LogP contribution in [0.2, 0.25) is 5.02 Å². The summed E-state index contributed by atoms with van der Waals surface area (Å²) in [6, 6.07) is 8.04. The second-order valence-corrected chi connectivity index (χ2v) is 6.40. The number of furan rings is 1. The van der Waals surface area contributed by atoms with E-state index in [0.29, 0.717) is 16.6 Å². The molecule has 1 aromatic carbocycles. The molecular formula is C16H19ClN2O2. The van der Waals surface area contributed by atoms with E-state index in [4.69, 9.17) is 26.5 Å². The van der Waals surface area contributed by atoms with Crippen molar-refractivity contribution in [2.75, 3.05) is 19.7 Å². The topological polar surface area (TPSA) is 51.6 Å². The van der Waals surface area contributed by atoms with Crippen molar-refractivity contribution in [3.05, 3.63) is 35.0 Å². The Morgan fingerprint density at radius 2 is 2.29 bits per heavy atom. The molecule has 0 aliphatic carbocycles. The molecule has 4 nitrogen and oxygen atoms in total. The predicted molar refractivity (Wildman–Crippen MR) is 82.5 cm³/mol. The highest BCUT2D eigenvalue weighted by Gasteiger charge is 2.36. The zero-order valence-corrected chi connectivity index (χ0v) is 12.6. The molecule has 0 amide bonds. The van der Waals surface area contributed by atoms with Crippen LogP contribution in [0.1, 0.15) is 24.6 Å². The molecule has 2 aromatic rings. The quantitative estimate of drug-likeness (QED) is 0.927. The van der Waals surface area contributed by atoms with Crippen molar-refractivity contribution in [2.45, 2.75) is 31.0 Å². The largest absolute Gasteiger partial charge is 0.458 e. The molecule has 0 bridgehead atoms. The Kier molecular flexibility index (Phi) is 3.42. The number of nitrogens with zero attached hydrogens (tertiary/aromatic N) is 1. The molecule has 0 radical (unpaired) electrons. The SMILES string of the molecule is NC(c1cc2cccc(Cl)c2o1)C1CN2CCCC2CO1. The maximum Gasteiger partial charge on any atom is 0.152 e. The standard InChI is InChI=1S/C16H19ClN2O2/c17-12-5-1-3-10-7-13(21-16(10)12)15(18)14-8-19-6-2-4-11(19)9-20-14/h1,3,5,7,11,14-15H,2,4,6,8-9,18H2. The highest BCUT2D eigenvalue weighted by molar-refractivity contribution is 6.34. The Labute approximate surface area is 128 Å². The molecule has 21 heavy (non-hydrogen) atoms. The lowest BCUT2D eigenvalue weighted by atomic mass is 10.1. The summed E-state index contributed by atoms with van der Waals surface area (Å²) >= 11 is 6.16. The van der Waals surface area contributed by atoms with E-state index in [1.165, 1.54) is 12.8 Å². The fourth-order valence-corrected chi connectivity index (χ4v) is 3.68. The van der Waals surface area contributed by atoms with Crippen LogP contribution in [0, 0.1) is 0 Å². The van der Waals surface area contributed by atoms with E-state index in [0.717, 1.165) is 30.8 Å². The Morgan fingerprint density at radius 1 is 1.38 bits per heavy atom. The van der Waals surface area contributed by atoms with Crippen molar-refractivity contribution >= 4 is 22.6 Å². The van der Waals surface area contributed by atoms with E-state index in [9.17, 15) is 0 Å². The maximum atomic E-state index is 6.38. The minimum absolute atomic E-state index is 0.0151. The van der Waals surface area contributed by atoms with Crippen LogP contribution in [0.4, 0.5) is 0 Å². The Hall–Kier alpha value is -1.07. The minimum Gasteiger partial charge on any atom is -0.458 e. The van der Waals surface area contributed by atoms with E-state index < -0.39 is 0 Å². The zero-order chi connectivity index (χ0) is 14.4. The molecule has 2 fully saturated rings. The number of morpholine rings is 1. The lowest BCUT2D eigenvalue weighted by molar-refractivity contribution is -0.0620. The molecule has 0 spiro atoms. The summed E-state index contributed by atoms with van der Waals surface area (Å²) in [4.78, 5) is 2.49. The average molecular weight is 307 g/mol. The molecule has 2 saturated heterocycles.